The fraction of sp³-hybridized carbons (Fsp3) is 0.562. The summed E-state index contributed by atoms with van der Waals surface area (Å²) in [4.78, 5) is 11.5. The Morgan fingerprint density at radius 2 is 2.05 bits per heavy atom. The third kappa shape index (κ3) is 7.26. The highest BCUT2D eigenvalue weighted by molar-refractivity contribution is 5.81. The van der Waals surface area contributed by atoms with Gasteiger partial charge in [-0.1, -0.05) is 43.7 Å². The number of carbonyl (C=O) groups is 1. The minimum absolute atomic E-state index is 0.0591. The molecule has 1 amide bonds. The zero-order valence-corrected chi connectivity index (χ0v) is 12.3. The van der Waals surface area contributed by atoms with E-state index in [-0.39, 0.29) is 11.9 Å². The van der Waals surface area contributed by atoms with Crippen molar-refractivity contribution in [3.05, 3.63) is 35.9 Å². The van der Waals surface area contributed by atoms with E-state index in [1.54, 1.807) is 0 Å². The van der Waals surface area contributed by atoms with Gasteiger partial charge in [0.05, 0.1) is 12.6 Å². The molecule has 0 saturated heterocycles. The second-order valence-electron chi connectivity index (χ2n) is 4.89. The lowest BCUT2D eigenvalue weighted by Gasteiger charge is -2.11. The predicted molar refractivity (Wildman–Crippen MR) is 81.5 cm³/mol. The molecule has 0 aliphatic rings. The maximum Gasteiger partial charge on any atom is 0.236 e. The van der Waals surface area contributed by atoms with Crippen LogP contribution in [0.5, 0.6) is 0 Å². The van der Waals surface area contributed by atoms with E-state index >= 15 is 0 Å². The standard InChI is InChI=1S/C16H26N2O2/c1-2-7-15(17)16(19)18-11-6-12-20-13-10-14-8-4-3-5-9-14/h3-5,8-9,15H,2,6-7,10-13,17H2,1H3,(H,18,19). The lowest BCUT2D eigenvalue weighted by molar-refractivity contribution is -0.122. The van der Waals surface area contributed by atoms with Crippen molar-refractivity contribution in [2.45, 2.75) is 38.6 Å². The molecule has 0 saturated carbocycles. The maximum atomic E-state index is 11.5. The van der Waals surface area contributed by atoms with E-state index in [0.717, 1.165) is 25.7 Å². The van der Waals surface area contributed by atoms with Gasteiger partial charge in [-0.05, 0) is 24.8 Å². The largest absolute Gasteiger partial charge is 0.381 e. The van der Waals surface area contributed by atoms with Crippen molar-refractivity contribution < 1.29 is 9.53 Å². The van der Waals surface area contributed by atoms with Crippen molar-refractivity contribution in [1.29, 1.82) is 0 Å². The number of carbonyl (C=O) groups excluding carboxylic acids is 1. The highest BCUT2D eigenvalue weighted by Gasteiger charge is 2.10. The molecule has 1 aromatic carbocycles. The van der Waals surface area contributed by atoms with Gasteiger partial charge in [0.25, 0.3) is 0 Å². The molecule has 0 aromatic heterocycles. The first kappa shape index (κ1) is 16.7. The number of hydrogen-bond donors (Lipinski definition) is 2. The van der Waals surface area contributed by atoms with E-state index < -0.39 is 0 Å². The minimum atomic E-state index is -0.376. The molecule has 1 rings (SSSR count). The zero-order chi connectivity index (χ0) is 14.6. The van der Waals surface area contributed by atoms with Crippen LogP contribution >= 0.6 is 0 Å². The van der Waals surface area contributed by atoms with Crippen molar-refractivity contribution in [3.8, 4) is 0 Å². The second-order valence-corrected chi connectivity index (χ2v) is 4.89. The van der Waals surface area contributed by atoms with Gasteiger partial charge < -0.3 is 15.8 Å². The predicted octanol–water partition coefficient (Wildman–Crippen LogP) is 1.88. The Morgan fingerprint density at radius 1 is 1.30 bits per heavy atom. The van der Waals surface area contributed by atoms with E-state index in [1.807, 2.05) is 25.1 Å². The van der Waals surface area contributed by atoms with Crippen molar-refractivity contribution in [3.63, 3.8) is 0 Å². The molecule has 0 bridgehead atoms. The molecule has 4 heteroatoms. The summed E-state index contributed by atoms with van der Waals surface area (Å²) >= 11 is 0. The van der Waals surface area contributed by atoms with Crippen molar-refractivity contribution >= 4 is 5.91 Å². The molecular formula is C16H26N2O2. The first-order chi connectivity index (χ1) is 9.74. The Labute approximate surface area is 121 Å². The molecule has 0 spiro atoms. The quantitative estimate of drug-likeness (QED) is 0.642. The van der Waals surface area contributed by atoms with Gasteiger partial charge in [0.2, 0.25) is 5.91 Å². The average molecular weight is 278 g/mol. The monoisotopic (exact) mass is 278 g/mol. The summed E-state index contributed by atoms with van der Waals surface area (Å²) < 4.78 is 5.54. The summed E-state index contributed by atoms with van der Waals surface area (Å²) in [7, 11) is 0. The number of hydrogen-bond acceptors (Lipinski definition) is 3. The van der Waals surface area contributed by atoms with Gasteiger partial charge in [-0.25, -0.2) is 0 Å². The number of benzene rings is 1. The van der Waals surface area contributed by atoms with Gasteiger partial charge in [0.1, 0.15) is 0 Å². The number of amides is 1. The number of nitrogens with two attached hydrogens (primary N) is 1. The molecule has 4 nitrogen and oxygen atoms in total. The summed E-state index contributed by atoms with van der Waals surface area (Å²) in [6, 6.07) is 9.89. The molecule has 0 aliphatic carbocycles. The van der Waals surface area contributed by atoms with E-state index in [4.69, 9.17) is 10.5 Å². The van der Waals surface area contributed by atoms with Crippen LogP contribution in [-0.4, -0.2) is 31.7 Å². The van der Waals surface area contributed by atoms with Crippen LogP contribution < -0.4 is 11.1 Å². The maximum absolute atomic E-state index is 11.5. The van der Waals surface area contributed by atoms with Gasteiger partial charge in [-0.3, -0.25) is 4.79 Å². The van der Waals surface area contributed by atoms with Gasteiger partial charge in [0.15, 0.2) is 0 Å². The lowest BCUT2D eigenvalue weighted by atomic mass is 10.1. The zero-order valence-electron chi connectivity index (χ0n) is 12.3. The molecule has 0 aliphatic heterocycles. The summed E-state index contributed by atoms with van der Waals surface area (Å²) in [6.45, 7) is 4.03. The van der Waals surface area contributed by atoms with Crippen molar-refractivity contribution in [2.24, 2.45) is 5.73 Å². The highest BCUT2D eigenvalue weighted by Crippen LogP contribution is 1.99. The molecule has 1 atom stereocenters. The molecule has 0 radical (unpaired) electrons. The van der Waals surface area contributed by atoms with Gasteiger partial charge in [-0.2, -0.15) is 0 Å². The Morgan fingerprint density at radius 3 is 2.75 bits per heavy atom. The van der Waals surface area contributed by atoms with Crippen LogP contribution in [0.1, 0.15) is 31.7 Å². The fourth-order valence-corrected chi connectivity index (χ4v) is 1.90. The van der Waals surface area contributed by atoms with Crippen LogP contribution in [0.3, 0.4) is 0 Å². The molecule has 3 N–H and O–H groups in total. The average Bonchev–Trinajstić information content (AvgIpc) is 2.47. The first-order valence-corrected chi connectivity index (χ1v) is 7.39. The topological polar surface area (TPSA) is 64.4 Å². The molecule has 0 fully saturated rings. The molecule has 1 unspecified atom stereocenters. The highest BCUT2D eigenvalue weighted by atomic mass is 16.5. The summed E-state index contributed by atoms with van der Waals surface area (Å²) in [5, 5.41) is 2.83. The summed E-state index contributed by atoms with van der Waals surface area (Å²) in [5.41, 5.74) is 6.99. The fourth-order valence-electron chi connectivity index (χ4n) is 1.90. The number of ether oxygens (including phenoxy) is 1. The van der Waals surface area contributed by atoms with E-state index in [1.165, 1.54) is 5.56 Å². The van der Waals surface area contributed by atoms with Gasteiger partial charge >= 0.3 is 0 Å². The minimum Gasteiger partial charge on any atom is -0.381 e. The van der Waals surface area contributed by atoms with Crippen LogP contribution in [0.15, 0.2) is 30.3 Å². The molecule has 112 valence electrons. The Balaban J connectivity index is 1.96. The van der Waals surface area contributed by atoms with Gasteiger partial charge in [0, 0.05) is 13.2 Å². The molecule has 0 heterocycles. The SMILES string of the molecule is CCCC(N)C(=O)NCCCOCCc1ccccc1. The van der Waals surface area contributed by atoms with Crippen molar-refractivity contribution in [2.75, 3.05) is 19.8 Å². The van der Waals surface area contributed by atoms with E-state index in [2.05, 4.69) is 17.4 Å². The Bertz CT molecular complexity index is 368. The Hall–Kier alpha value is -1.39. The van der Waals surface area contributed by atoms with E-state index in [9.17, 15) is 4.79 Å². The third-order valence-electron chi connectivity index (χ3n) is 3.08. The van der Waals surface area contributed by atoms with Crippen molar-refractivity contribution in [1.82, 2.24) is 5.32 Å². The van der Waals surface area contributed by atoms with Crippen LogP contribution in [0, 0.1) is 0 Å². The van der Waals surface area contributed by atoms with Crippen LogP contribution in [0.25, 0.3) is 0 Å². The summed E-state index contributed by atoms with van der Waals surface area (Å²) in [6.07, 6.45) is 3.41. The van der Waals surface area contributed by atoms with Gasteiger partial charge in [-0.15, -0.1) is 0 Å². The summed E-state index contributed by atoms with van der Waals surface area (Å²) in [5.74, 6) is -0.0591. The molecular weight excluding hydrogens is 252 g/mol. The molecule has 20 heavy (non-hydrogen) atoms. The number of nitrogens with one attached hydrogen (secondary N) is 1. The third-order valence-corrected chi connectivity index (χ3v) is 3.08. The lowest BCUT2D eigenvalue weighted by Crippen LogP contribution is -2.40. The number of rotatable bonds is 10. The van der Waals surface area contributed by atoms with Crippen LogP contribution in [0.2, 0.25) is 0 Å². The Kier molecular flexibility index (Phi) is 8.67. The second kappa shape index (κ2) is 10.4. The first-order valence-electron chi connectivity index (χ1n) is 7.39. The van der Waals surface area contributed by atoms with E-state index in [0.29, 0.717) is 19.8 Å². The normalized spacial score (nSPS) is 12.1. The molecule has 1 aromatic rings. The van der Waals surface area contributed by atoms with Crippen LogP contribution in [0.4, 0.5) is 0 Å². The smallest absolute Gasteiger partial charge is 0.236 e. The van der Waals surface area contributed by atoms with Crippen LogP contribution in [-0.2, 0) is 16.0 Å².